The lowest BCUT2D eigenvalue weighted by Crippen LogP contribution is -2.14. The lowest BCUT2D eigenvalue weighted by Gasteiger charge is -2.09. The molecule has 0 aliphatic heterocycles. The summed E-state index contributed by atoms with van der Waals surface area (Å²) in [5, 5.41) is 22.9. The van der Waals surface area contributed by atoms with Crippen LogP contribution in [0.15, 0.2) is 35.5 Å². The Balaban J connectivity index is 2.10. The molecule has 0 bridgehead atoms. The Morgan fingerprint density at radius 3 is 2.62 bits per heavy atom. The fourth-order valence-corrected chi connectivity index (χ4v) is 3.66. The van der Waals surface area contributed by atoms with Gasteiger partial charge in [-0.15, -0.1) is 10.2 Å². The number of nitrogens with zero attached hydrogens (tertiary/aromatic N) is 5. The Morgan fingerprint density at radius 1 is 1.23 bits per heavy atom. The molecule has 3 aromatic rings. The molecule has 0 radical (unpaired) electrons. The molecule has 0 atom stereocenters. The van der Waals surface area contributed by atoms with E-state index in [4.69, 9.17) is 5.14 Å². The summed E-state index contributed by atoms with van der Waals surface area (Å²) in [6.07, 6.45) is 4.24. The summed E-state index contributed by atoms with van der Waals surface area (Å²) in [6, 6.07) is 4.55. The van der Waals surface area contributed by atoms with Crippen molar-refractivity contribution in [1.82, 2.24) is 30.4 Å². The monoisotopic (exact) mass is 397 g/mol. The predicted octanol–water partition coefficient (Wildman–Crippen LogP) is -0.578. The molecule has 0 unspecified atom stereocenters. The van der Waals surface area contributed by atoms with Gasteiger partial charge in [0.25, 0.3) is 0 Å². The Labute approximate surface area is 149 Å². The van der Waals surface area contributed by atoms with Crippen LogP contribution >= 0.6 is 0 Å². The molecule has 0 spiro atoms. The second-order valence-corrected chi connectivity index (χ2v) is 9.37. The first-order valence-electron chi connectivity index (χ1n) is 7.25. The topological polar surface area (TPSA) is 167 Å². The molecule has 3 N–H and O–H groups in total. The maximum atomic E-state index is 12.0. The van der Waals surface area contributed by atoms with Gasteiger partial charge in [0.15, 0.2) is 0 Å². The molecule has 0 aliphatic carbocycles. The first-order chi connectivity index (χ1) is 12.1. The third-order valence-corrected chi connectivity index (χ3v) is 5.41. The van der Waals surface area contributed by atoms with Crippen LogP contribution in [0.4, 0.5) is 0 Å². The summed E-state index contributed by atoms with van der Waals surface area (Å²) in [6.45, 7) is 0.172. The summed E-state index contributed by atoms with van der Waals surface area (Å²) >= 11 is 0. The number of hydrogen-bond acceptors (Lipinski definition) is 8. The lowest BCUT2D eigenvalue weighted by molar-refractivity contribution is 0.586. The van der Waals surface area contributed by atoms with E-state index >= 15 is 0 Å². The van der Waals surface area contributed by atoms with Crippen LogP contribution in [0.5, 0.6) is 0 Å². The van der Waals surface area contributed by atoms with Crippen molar-refractivity contribution < 1.29 is 16.8 Å². The van der Waals surface area contributed by atoms with Crippen LogP contribution in [0.3, 0.4) is 0 Å². The molecule has 26 heavy (non-hydrogen) atoms. The van der Waals surface area contributed by atoms with Crippen molar-refractivity contribution in [3.05, 3.63) is 30.6 Å². The van der Waals surface area contributed by atoms with Gasteiger partial charge in [-0.05, 0) is 16.8 Å². The highest BCUT2D eigenvalue weighted by Gasteiger charge is 2.23. The fraction of sp³-hybridized carbons (Fsp3) is 0.231. The van der Waals surface area contributed by atoms with E-state index in [-0.39, 0.29) is 28.6 Å². The Hall–Kier alpha value is -2.64. The first-order valence-corrected chi connectivity index (χ1v) is 10.9. The number of aromatic amines is 1. The number of aryl methyl sites for hydroxylation is 1. The third-order valence-electron chi connectivity index (χ3n) is 3.54. The summed E-state index contributed by atoms with van der Waals surface area (Å²) in [7, 11) is -7.18. The van der Waals surface area contributed by atoms with Gasteiger partial charge >= 0.3 is 0 Å². The quantitative estimate of drug-likeness (QED) is 0.557. The Kier molecular flexibility index (Phi) is 4.60. The van der Waals surface area contributed by atoms with Crippen molar-refractivity contribution in [2.75, 3.05) is 12.0 Å². The third kappa shape index (κ3) is 3.95. The molecule has 0 saturated heterocycles. The highest BCUT2D eigenvalue weighted by Crippen LogP contribution is 2.34. The highest BCUT2D eigenvalue weighted by atomic mass is 32.2. The van der Waals surface area contributed by atoms with Crippen molar-refractivity contribution >= 4 is 19.9 Å². The summed E-state index contributed by atoms with van der Waals surface area (Å²) in [4.78, 5) is -0.153. The highest BCUT2D eigenvalue weighted by molar-refractivity contribution is 7.90. The standard InChI is InChI=1S/C13H15N7O4S2/c1-25(21,22)6-5-20-8-9(7-15-20)10-3-2-4-11(26(14,23)24)12(10)13-16-18-19-17-13/h2-4,7-8H,5-6H2,1H3,(H2,14,23,24)(H,16,17,18,19). The number of benzene rings is 1. The Morgan fingerprint density at radius 2 is 2.00 bits per heavy atom. The zero-order valence-electron chi connectivity index (χ0n) is 13.6. The minimum Gasteiger partial charge on any atom is -0.271 e. The van der Waals surface area contributed by atoms with E-state index in [1.807, 2.05) is 0 Å². The molecule has 138 valence electrons. The summed E-state index contributed by atoms with van der Waals surface area (Å²) in [5.41, 5.74) is 1.22. The average molecular weight is 397 g/mol. The molecule has 13 heteroatoms. The van der Waals surface area contributed by atoms with Gasteiger partial charge in [0.05, 0.1) is 29.0 Å². The van der Waals surface area contributed by atoms with E-state index in [1.165, 1.54) is 23.0 Å². The van der Waals surface area contributed by atoms with Gasteiger partial charge in [0, 0.05) is 18.0 Å². The van der Waals surface area contributed by atoms with Gasteiger partial charge in [-0.2, -0.15) is 10.3 Å². The first kappa shape index (κ1) is 18.2. The van der Waals surface area contributed by atoms with Gasteiger partial charge in [0.1, 0.15) is 9.84 Å². The molecule has 0 fully saturated rings. The van der Waals surface area contributed by atoms with Crippen molar-refractivity contribution in [1.29, 1.82) is 0 Å². The second-order valence-electron chi connectivity index (χ2n) is 5.58. The van der Waals surface area contributed by atoms with Gasteiger partial charge in [0.2, 0.25) is 15.8 Å². The van der Waals surface area contributed by atoms with Gasteiger partial charge in [-0.25, -0.2) is 22.0 Å². The van der Waals surface area contributed by atoms with E-state index < -0.39 is 19.9 Å². The van der Waals surface area contributed by atoms with E-state index in [0.717, 1.165) is 6.26 Å². The van der Waals surface area contributed by atoms with Crippen molar-refractivity contribution in [2.45, 2.75) is 11.4 Å². The van der Waals surface area contributed by atoms with Crippen molar-refractivity contribution in [3.63, 3.8) is 0 Å². The van der Waals surface area contributed by atoms with E-state index in [0.29, 0.717) is 11.1 Å². The number of sulfonamides is 1. The summed E-state index contributed by atoms with van der Waals surface area (Å²) < 4.78 is 48.0. The van der Waals surface area contributed by atoms with Gasteiger partial charge < -0.3 is 0 Å². The van der Waals surface area contributed by atoms with Crippen LogP contribution in [0.2, 0.25) is 0 Å². The minimum atomic E-state index is -4.04. The normalized spacial score (nSPS) is 12.4. The van der Waals surface area contributed by atoms with Crippen LogP contribution < -0.4 is 5.14 Å². The van der Waals surface area contributed by atoms with Crippen LogP contribution in [-0.4, -0.2) is 59.2 Å². The molecular formula is C13H15N7O4S2. The molecule has 2 heterocycles. The smallest absolute Gasteiger partial charge is 0.238 e. The number of primary sulfonamides is 1. The molecule has 0 amide bonds. The molecule has 11 nitrogen and oxygen atoms in total. The molecule has 3 rings (SSSR count). The average Bonchev–Trinajstić information content (AvgIpc) is 3.22. The number of nitrogens with two attached hydrogens (primary N) is 1. The Bertz CT molecular complexity index is 1140. The molecule has 0 aliphatic rings. The number of H-pyrrole nitrogens is 1. The number of aromatic nitrogens is 6. The second kappa shape index (κ2) is 6.59. The van der Waals surface area contributed by atoms with E-state index in [1.54, 1.807) is 12.3 Å². The maximum absolute atomic E-state index is 12.0. The SMILES string of the molecule is CS(=O)(=O)CCn1cc(-c2cccc(S(N)(=O)=O)c2-c2nn[nH]n2)cn1. The maximum Gasteiger partial charge on any atom is 0.238 e. The molecule has 0 saturated carbocycles. The lowest BCUT2D eigenvalue weighted by atomic mass is 10.0. The number of hydrogen-bond donors (Lipinski definition) is 2. The molecule has 2 aromatic heterocycles. The predicted molar refractivity (Wildman–Crippen MR) is 91.9 cm³/mol. The summed E-state index contributed by atoms with van der Waals surface area (Å²) in [5.74, 6) is -0.00299. The van der Waals surface area contributed by atoms with Gasteiger partial charge in [-0.1, -0.05) is 12.1 Å². The number of sulfone groups is 1. The van der Waals surface area contributed by atoms with Crippen LogP contribution in [0.25, 0.3) is 22.5 Å². The number of tetrazole rings is 1. The largest absolute Gasteiger partial charge is 0.271 e. The zero-order chi connectivity index (χ0) is 18.9. The number of rotatable bonds is 6. The van der Waals surface area contributed by atoms with E-state index in [2.05, 4.69) is 25.7 Å². The minimum absolute atomic E-state index is 0.0634. The van der Waals surface area contributed by atoms with Crippen molar-refractivity contribution in [2.24, 2.45) is 5.14 Å². The molecular weight excluding hydrogens is 382 g/mol. The van der Waals surface area contributed by atoms with E-state index in [9.17, 15) is 16.8 Å². The van der Waals surface area contributed by atoms with Crippen LogP contribution in [0, 0.1) is 0 Å². The van der Waals surface area contributed by atoms with Crippen molar-refractivity contribution in [3.8, 4) is 22.5 Å². The van der Waals surface area contributed by atoms with Gasteiger partial charge in [-0.3, -0.25) is 4.68 Å². The molecule has 1 aromatic carbocycles. The van der Waals surface area contributed by atoms with Crippen LogP contribution in [0.1, 0.15) is 0 Å². The number of nitrogens with one attached hydrogen (secondary N) is 1. The van der Waals surface area contributed by atoms with Crippen LogP contribution in [-0.2, 0) is 26.4 Å². The zero-order valence-corrected chi connectivity index (χ0v) is 15.2. The fourth-order valence-electron chi connectivity index (χ4n) is 2.39.